The smallest absolute Gasteiger partial charge is 0.0898 e. The number of rotatable bonds is 8. The highest BCUT2D eigenvalue weighted by Gasteiger charge is 2.15. The quantitative estimate of drug-likeness (QED) is 0.745. The van der Waals surface area contributed by atoms with Crippen molar-refractivity contribution >= 4 is 0 Å². The van der Waals surface area contributed by atoms with Gasteiger partial charge in [0.1, 0.15) is 0 Å². The summed E-state index contributed by atoms with van der Waals surface area (Å²) in [7, 11) is 0. The van der Waals surface area contributed by atoms with Gasteiger partial charge in [-0.1, -0.05) is 37.3 Å². The Morgan fingerprint density at radius 3 is 2.56 bits per heavy atom. The van der Waals surface area contributed by atoms with Crippen LogP contribution in [0.5, 0.6) is 0 Å². The highest BCUT2D eigenvalue weighted by Crippen LogP contribution is 2.06. The Morgan fingerprint density at radius 2 is 1.94 bits per heavy atom. The standard InChI is InChI=1S/C15H25NO2/c1-4-15(2,3)16-10-14(17)12-18-11-13-8-6-5-7-9-13/h5-9,14,16-17H,4,10-12H2,1-3H3. The summed E-state index contributed by atoms with van der Waals surface area (Å²) in [6, 6.07) is 9.99. The average molecular weight is 251 g/mol. The molecule has 3 heteroatoms. The SMILES string of the molecule is CCC(C)(C)NCC(O)COCc1ccccc1. The number of ether oxygens (including phenoxy) is 1. The van der Waals surface area contributed by atoms with Gasteiger partial charge in [0.2, 0.25) is 0 Å². The molecule has 0 amide bonds. The fourth-order valence-electron chi connectivity index (χ4n) is 1.47. The molecule has 1 atom stereocenters. The van der Waals surface area contributed by atoms with Gasteiger partial charge in [-0.3, -0.25) is 0 Å². The summed E-state index contributed by atoms with van der Waals surface area (Å²) >= 11 is 0. The summed E-state index contributed by atoms with van der Waals surface area (Å²) in [4.78, 5) is 0. The molecule has 1 aromatic rings. The van der Waals surface area contributed by atoms with Gasteiger partial charge < -0.3 is 15.2 Å². The van der Waals surface area contributed by atoms with Crippen LogP contribution >= 0.6 is 0 Å². The second-order valence-electron chi connectivity index (χ2n) is 5.27. The predicted molar refractivity (Wildman–Crippen MR) is 74.5 cm³/mol. The van der Waals surface area contributed by atoms with Gasteiger partial charge in [-0.05, 0) is 25.8 Å². The van der Waals surface area contributed by atoms with Crippen LogP contribution in [0.1, 0.15) is 32.8 Å². The van der Waals surface area contributed by atoms with Crippen LogP contribution in [0.3, 0.4) is 0 Å². The summed E-state index contributed by atoms with van der Waals surface area (Å²) in [5.74, 6) is 0. The molecule has 0 saturated carbocycles. The zero-order chi connectivity index (χ0) is 13.4. The molecular formula is C15H25NO2. The number of aliphatic hydroxyl groups is 1. The van der Waals surface area contributed by atoms with Gasteiger partial charge in [0.05, 0.1) is 19.3 Å². The number of nitrogens with one attached hydrogen (secondary N) is 1. The molecule has 2 N–H and O–H groups in total. The first-order valence-corrected chi connectivity index (χ1v) is 6.58. The highest BCUT2D eigenvalue weighted by atomic mass is 16.5. The van der Waals surface area contributed by atoms with E-state index in [-0.39, 0.29) is 5.54 Å². The molecule has 0 bridgehead atoms. The average Bonchev–Trinajstić information content (AvgIpc) is 2.38. The summed E-state index contributed by atoms with van der Waals surface area (Å²) in [5.41, 5.74) is 1.20. The van der Waals surface area contributed by atoms with Crippen LogP contribution in [0.2, 0.25) is 0 Å². The van der Waals surface area contributed by atoms with Crippen LogP contribution in [-0.2, 0) is 11.3 Å². The number of β-amino-alcohol motifs (C(OH)–C–C–N with tert-alkyl or cyclic N) is 1. The fourth-order valence-corrected chi connectivity index (χ4v) is 1.47. The predicted octanol–water partition coefficient (Wildman–Crippen LogP) is 2.34. The maximum absolute atomic E-state index is 9.80. The van der Waals surface area contributed by atoms with Gasteiger partial charge in [-0.25, -0.2) is 0 Å². The third-order valence-corrected chi connectivity index (χ3v) is 3.12. The van der Waals surface area contributed by atoms with E-state index >= 15 is 0 Å². The first kappa shape index (κ1) is 15.2. The van der Waals surface area contributed by atoms with E-state index in [2.05, 4.69) is 26.1 Å². The highest BCUT2D eigenvalue weighted by molar-refractivity contribution is 5.13. The maximum atomic E-state index is 9.80. The zero-order valence-electron chi connectivity index (χ0n) is 11.6. The molecule has 3 nitrogen and oxygen atoms in total. The van der Waals surface area contributed by atoms with Crippen molar-refractivity contribution in [3.05, 3.63) is 35.9 Å². The normalized spacial score (nSPS) is 13.6. The fraction of sp³-hybridized carbons (Fsp3) is 0.600. The maximum Gasteiger partial charge on any atom is 0.0898 e. The summed E-state index contributed by atoms with van der Waals surface area (Å²) in [5, 5.41) is 13.1. The molecule has 1 rings (SSSR count). The molecule has 102 valence electrons. The summed E-state index contributed by atoms with van der Waals surface area (Å²) in [6.07, 6.45) is 0.574. The topological polar surface area (TPSA) is 41.5 Å². The molecule has 0 aliphatic rings. The Balaban J connectivity index is 2.16. The van der Waals surface area contributed by atoms with Crippen molar-refractivity contribution in [1.82, 2.24) is 5.32 Å². The second kappa shape index (κ2) is 7.52. The second-order valence-corrected chi connectivity index (χ2v) is 5.27. The molecule has 1 unspecified atom stereocenters. The third-order valence-electron chi connectivity index (χ3n) is 3.12. The molecule has 0 aliphatic heterocycles. The molecule has 0 radical (unpaired) electrons. The lowest BCUT2D eigenvalue weighted by Crippen LogP contribution is -2.43. The molecule has 18 heavy (non-hydrogen) atoms. The van der Waals surface area contributed by atoms with Crippen molar-refractivity contribution in [2.24, 2.45) is 0 Å². The number of benzene rings is 1. The van der Waals surface area contributed by atoms with Crippen molar-refractivity contribution in [1.29, 1.82) is 0 Å². The molecule has 0 aromatic heterocycles. The van der Waals surface area contributed by atoms with Crippen LogP contribution < -0.4 is 5.32 Å². The van der Waals surface area contributed by atoms with Crippen LogP contribution in [0.4, 0.5) is 0 Å². The van der Waals surface area contributed by atoms with Crippen LogP contribution in [-0.4, -0.2) is 29.9 Å². The van der Waals surface area contributed by atoms with Crippen molar-refractivity contribution in [2.75, 3.05) is 13.2 Å². The lowest BCUT2D eigenvalue weighted by molar-refractivity contribution is 0.0256. The van der Waals surface area contributed by atoms with E-state index in [4.69, 9.17) is 4.74 Å². The largest absolute Gasteiger partial charge is 0.389 e. The number of aliphatic hydroxyl groups excluding tert-OH is 1. The molecule has 0 spiro atoms. The van der Waals surface area contributed by atoms with Gasteiger partial charge in [0.15, 0.2) is 0 Å². The summed E-state index contributed by atoms with van der Waals surface area (Å²) < 4.78 is 5.49. The van der Waals surface area contributed by atoms with E-state index < -0.39 is 6.10 Å². The minimum absolute atomic E-state index is 0.0699. The first-order chi connectivity index (χ1) is 8.53. The van der Waals surface area contributed by atoms with Gasteiger partial charge in [0.25, 0.3) is 0 Å². The Labute approximate surface area is 110 Å². The van der Waals surface area contributed by atoms with Crippen molar-refractivity contribution in [3.63, 3.8) is 0 Å². The minimum Gasteiger partial charge on any atom is -0.389 e. The van der Waals surface area contributed by atoms with Crippen LogP contribution in [0.15, 0.2) is 30.3 Å². The van der Waals surface area contributed by atoms with Gasteiger partial charge in [0, 0.05) is 12.1 Å². The lowest BCUT2D eigenvalue weighted by Gasteiger charge is -2.26. The van der Waals surface area contributed by atoms with Gasteiger partial charge in [-0.2, -0.15) is 0 Å². The third kappa shape index (κ3) is 6.15. The molecule has 0 saturated heterocycles. The molecule has 0 fully saturated rings. The van der Waals surface area contributed by atoms with Crippen LogP contribution in [0, 0.1) is 0 Å². The number of hydrogen-bond donors (Lipinski definition) is 2. The molecule has 1 aromatic carbocycles. The zero-order valence-corrected chi connectivity index (χ0v) is 11.6. The monoisotopic (exact) mass is 251 g/mol. The van der Waals surface area contributed by atoms with E-state index in [0.717, 1.165) is 12.0 Å². The first-order valence-electron chi connectivity index (χ1n) is 6.58. The van der Waals surface area contributed by atoms with Crippen LogP contribution in [0.25, 0.3) is 0 Å². The number of hydrogen-bond acceptors (Lipinski definition) is 3. The Bertz CT molecular complexity index is 325. The Morgan fingerprint density at radius 1 is 1.28 bits per heavy atom. The van der Waals surface area contributed by atoms with E-state index in [9.17, 15) is 5.11 Å². The van der Waals surface area contributed by atoms with Crippen molar-refractivity contribution in [2.45, 2.75) is 45.4 Å². The molecule has 0 heterocycles. The molecule has 0 aliphatic carbocycles. The van der Waals surface area contributed by atoms with Crippen molar-refractivity contribution in [3.8, 4) is 0 Å². The van der Waals surface area contributed by atoms with E-state index in [0.29, 0.717) is 19.8 Å². The minimum atomic E-state index is -0.459. The Hall–Kier alpha value is -0.900. The van der Waals surface area contributed by atoms with Gasteiger partial charge >= 0.3 is 0 Å². The van der Waals surface area contributed by atoms with Crippen molar-refractivity contribution < 1.29 is 9.84 Å². The summed E-state index contributed by atoms with van der Waals surface area (Å²) in [6.45, 7) is 7.87. The van der Waals surface area contributed by atoms with E-state index in [1.165, 1.54) is 0 Å². The lowest BCUT2D eigenvalue weighted by atomic mass is 10.0. The van der Waals surface area contributed by atoms with E-state index in [1.54, 1.807) is 0 Å². The van der Waals surface area contributed by atoms with E-state index in [1.807, 2.05) is 30.3 Å². The Kier molecular flexibility index (Phi) is 6.33. The van der Waals surface area contributed by atoms with Gasteiger partial charge in [-0.15, -0.1) is 0 Å². The molecular weight excluding hydrogens is 226 g/mol.